The van der Waals surface area contributed by atoms with Gasteiger partial charge in [0.15, 0.2) is 5.58 Å². The van der Waals surface area contributed by atoms with E-state index in [0.29, 0.717) is 25.0 Å². The van der Waals surface area contributed by atoms with Crippen LogP contribution in [-0.2, 0) is 17.9 Å². The summed E-state index contributed by atoms with van der Waals surface area (Å²) in [5.41, 5.74) is 3.42. The SMILES string of the molecule is O=C(CCCn1c(=O)oc2ccccc21)Nc1ccc(CN2CCCC2)cc1. The van der Waals surface area contributed by atoms with Gasteiger partial charge in [-0.1, -0.05) is 24.3 Å². The number of carbonyl (C=O) groups is 1. The number of rotatable bonds is 7. The Labute approximate surface area is 163 Å². The van der Waals surface area contributed by atoms with Crippen LogP contribution < -0.4 is 11.1 Å². The fourth-order valence-electron chi connectivity index (χ4n) is 3.74. The van der Waals surface area contributed by atoms with Crippen LogP contribution in [-0.4, -0.2) is 28.5 Å². The third-order valence-electron chi connectivity index (χ3n) is 5.20. The summed E-state index contributed by atoms with van der Waals surface area (Å²) < 4.78 is 6.79. The van der Waals surface area contributed by atoms with Crippen molar-refractivity contribution in [2.24, 2.45) is 0 Å². The van der Waals surface area contributed by atoms with Gasteiger partial charge >= 0.3 is 5.76 Å². The number of anilines is 1. The number of aryl methyl sites for hydroxylation is 1. The summed E-state index contributed by atoms with van der Waals surface area (Å²) in [4.78, 5) is 26.6. The summed E-state index contributed by atoms with van der Waals surface area (Å²) >= 11 is 0. The van der Waals surface area contributed by atoms with Crippen molar-refractivity contribution < 1.29 is 9.21 Å². The van der Waals surface area contributed by atoms with Crippen LogP contribution >= 0.6 is 0 Å². The Morgan fingerprint density at radius 3 is 2.57 bits per heavy atom. The van der Waals surface area contributed by atoms with Crippen LogP contribution in [0.1, 0.15) is 31.2 Å². The van der Waals surface area contributed by atoms with E-state index < -0.39 is 0 Å². The molecule has 0 atom stereocenters. The number of oxazole rings is 1. The van der Waals surface area contributed by atoms with Crippen molar-refractivity contribution in [2.75, 3.05) is 18.4 Å². The summed E-state index contributed by atoms with van der Waals surface area (Å²) in [6.45, 7) is 3.78. The van der Waals surface area contributed by atoms with Gasteiger partial charge in [-0.2, -0.15) is 0 Å². The smallest absolute Gasteiger partial charge is 0.408 e. The van der Waals surface area contributed by atoms with Crippen LogP contribution in [0.15, 0.2) is 57.7 Å². The molecule has 6 nitrogen and oxygen atoms in total. The van der Waals surface area contributed by atoms with E-state index in [-0.39, 0.29) is 11.7 Å². The lowest BCUT2D eigenvalue weighted by Crippen LogP contribution is -2.18. The van der Waals surface area contributed by atoms with Gasteiger partial charge in [0, 0.05) is 25.2 Å². The van der Waals surface area contributed by atoms with E-state index in [1.807, 2.05) is 30.3 Å². The summed E-state index contributed by atoms with van der Waals surface area (Å²) in [6, 6.07) is 15.4. The fraction of sp³-hybridized carbons (Fsp3) is 0.364. The Bertz CT molecular complexity index is 998. The maximum atomic E-state index is 12.2. The molecule has 0 unspecified atom stereocenters. The molecule has 4 rings (SSSR count). The van der Waals surface area contributed by atoms with Crippen LogP contribution in [0.5, 0.6) is 0 Å². The summed E-state index contributed by atoms with van der Waals surface area (Å²) in [6.07, 6.45) is 3.49. The third-order valence-corrected chi connectivity index (χ3v) is 5.20. The second-order valence-corrected chi connectivity index (χ2v) is 7.32. The van der Waals surface area contributed by atoms with Crippen molar-refractivity contribution in [2.45, 2.75) is 38.8 Å². The number of nitrogens with one attached hydrogen (secondary N) is 1. The molecule has 2 aromatic carbocycles. The topological polar surface area (TPSA) is 67.5 Å². The highest BCUT2D eigenvalue weighted by molar-refractivity contribution is 5.90. The molecule has 0 spiro atoms. The monoisotopic (exact) mass is 379 g/mol. The molecule has 1 saturated heterocycles. The summed E-state index contributed by atoms with van der Waals surface area (Å²) in [7, 11) is 0. The van der Waals surface area contributed by atoms with E-state index in [1.165, 1.54) is 31.5 Å². The van der Waals surface area contributed by atoms with E-state index in [0.717, 1.165) is 17.7 Å². The average Bonchev–Trinajstić information content (AvgIpc) is 3.31. The van der Waals surface area contributed by atoms with E-state index >= 15 is 0 Å². The van der Waals surface area contributed by atoms with Crippen molar-refractivity contribution in [1.82, 2.24) is 9.47 Å². The molecule has 1 aliphatic heterocycles. The van der Waals surface area contributed by atoms with Crippen molar-refractivity contribution in [3.63, 3.8) is 0 Å². The standard InChI is InChI=1S/C22H25N3O3/c26-21(8-5-15-25-19-6-1-2-7-20(19)28-22(25)27)23-18-11-9-17(10-12-18)16-24-13-3-4-14-24/h1-2,6-7,9-12H,3-5,8,13-16H2,(H,23,26). The Kier molecular flexibility index (Phi) is 5.58. The van der Waals surface area contributed by atoms with E-state index in [2.05, 4.69) is 22.3 Å². The number of hydrogen-bond donors (Lipinski definition) is 1. The molecule has 146 valence electrons. The average molecular weight is 379 g/mol. The predicted molar refractivity (Wildman–Crippen MR) is 109 cm³/mol. The number of amides is 1. The van der Waals surface area contributed by atoms with Gasteiger partial charge in [0.25, 0.3) is 0 Å². The third kappa shape index (κ3) is 4.34. The number of nitrogens with zero attached hydrogens (tertiary/aromatic N) is 2. The van der Waals surface area contributed by atoms with Crippen molar-refractivity contribution in [3.05, 3.63) is 64.6 Å². The van der Waals surface area contributed by atoms with Gasteiger partial charge < -0.3 is 9.73 Å². The molecule has 1 aromatic heterocycles. The minimum Gasteiger partial charge on any atom is -0.408 e. The molecule has 1 amide bonds. The second-order valence-electron chi connectivity index (χ2n) is 7.32. The molecular weight excluding hydrogens is 354 g/mol. The summed E-state index contributed by atoms with van der Waals surface area (Å²) in [5, 5.41) is 2.93. The minimum absolute atomic E-state index is 0.0480. The predicted octanol–water partition coefficient (Wildman–Crippen LogP) is 3.61. The lowest BCUT2D eigenvalue weighted by atomic mass is 10.2. The Hall–Kier alpha value is -2.86. The van der Waals surface area contributed by atoms with Gasteiger partial charge in [0.05, 0.1) is 5.52 Å². The molecule has 28 heavy (non-hydrogen) atoms. The number of likely N-dealkylation sites (tertiary alicyclic amines) is 1. The lowest BCUT2D eigenvalue weighted by molar-refractivity contribution is -0.116. The zero-order chi connectivity index (χ0) is 19.3. The van der Waals surface area contributed by atoms with Crippen LogP contribution in [0.25, 0.3) is 11.1 Å². The van der Waals surface area contributed by atoms with Crippen molar-refractivity contribution >= 4 is 22.7 Å². The fourth-order valence-corrected chi connectivity index (χ4v) is 3.74. The van der Waals surface area contributed by atoms with Crippen LogP contribution in [0.4, 0.5) is 5.69 Å². The van der Waals surface area contributed by atoms with Crippen molar-refractivity contribution in [1.29, 1.82) is 0 Å². The number of fused-ring (bicyclic) bond motifs is 1. The van der Waals surface area contributed by atoms with Gasteiger partial charge in [-0.15, -0.1) is 0 Å². The number of para-hydroxylation sites is 2. The van der Waals surface area contributed by atoms with E-state index in [1.54, 1.807) is 10.6 Å². The van der Waals surface area contributed by atoms with Crippen molar-refractivity contribution in [3.8, 4) is 0 Å². The van der Waals surface area contributed by atoms with Crippen LogP contribution in [0, 0.1) is 0 Å². The maximum Gasteiger partial charge on any atom is 0.419 e. The normalized spacial score (nSPS) is 14.6. The van der Waals surface area contributed by atoms with E-state index in [9.17, 15) is 9.59 Å². The first-order valence-corrected chi connectivity index (χ1v) is 9.88. The highest BCUT2D eigenvalue weighted by Gasteiger charge is 2.12. The first kappa shape index (κ1) is 18.5. The molecule has 1 fully saturated rings. The molecule has 1 N–H and O–H groups in total. The molecule has 0 bridgehead atoms. The molecule has 3 aromatic rings. The van der Waals surface area contributed by atoms with Crippen LogP contribution in [0.2, 0.25) is 0 Å². The summed E-state index contributed by atoms with van der Waals surface area (Å²) in [5.74, 6) is -0.427. The number of benzene rings is 2. The zero-order valence-electron chi connectivity index (χ0n) is 15.9. The Morgan fingerprint density at radius 1 is 1.04 bits per heavy atom. The Morgan fingerprint density at radius 2 is 1.79 bits per heavy atom. The Balaban J connectivity index is 1.27. The highest BCUT2D eigenvalue weighted by Crippen LogP contribution is 2.16. The first-order chi connectivity index (χ1) is 13.7. The number of hydrogen-bond acceptors (Lipinski definition) is 4. The van der Waals surface area contributed by atoms with Gasteiger partial charge in [0.1, 0.15) is 0 Å². The molecule has 0 aliphatic carbocycles. The molecule has 6 heteroatoms. The van der Waals surface area contributed by atoms with Gasteiger partial charge in [0.2, 0.25) is 5.91 Å². The molecule has 0 saturated carbocycles. The molecular formula is C22H25N3O3. The minimum atomic E-state index is -0.379. The number of aromatic nitrogens is 1. The highest BCUT2D eigenvalue weighted by atomic mass is 16.4. The maximum absolute atomic E-state index is 12.2. The second kappa shape index (κ2) is 8.44. The first-order valence-electron chi connectivity index (χ1n) is 9.88. The van der Waals surface area contributed by atoms with E-state index in [4.69, 9.17) is 4.42 Å². The molecule has 1 aliphatic rings. The van der Waals surface area contributed by atoms with Gasteiger partial charge in [-0.05, 0) is 62.2 Å². The van der Waals surface area contributed by atoms with Gasteiger partial charge in [-0.25, -0.2) is 4.79 Å². The lowest BCUT2D eigenvalue weighted by Gasteiger charge is -2.14. The molecule has 2 heterocycles. The molecule has 0 radical (unpaired) electrons. The number of carbonyl (C=O) groups excluding carboxylic acids is 1. The zero-order valence-corrected chi connectivity index (χ0v) is 15.9. The van der Waals surface area contributed by atoms with Gasteiger partial charge in [-0.3, -0.25) is 14.3 Å². The quantitative estimate of drug-likeness (QED) is 0.681. The van der Waals surface area contributed by atoms with Crippen LogP contribution in [0.3, 0.4) is 0 Å². The largest absolute Gasteiger partial charge is 0.419 e.